The van der Waals surface area contributed by atoms with E-state index in [9.17, 15) is 18.3 Å². The van der Waals surface area contributed by atoms with E-state index in [0.29, 0.717) is 0 Å². The maximum Gasteiger partial charge on any atom is 0.416 e. The summed E-state index contributed by atoms with van der Waals surface area (Å²) >= 11 is 5.76. The zero-order chi connectivity index (χ0) is 13.2. The first-order valence-electron chi connectivity index (χ1n) is 4.87. The van der Waals surface area contributed by atoms with Gasteiger partial charge in [-0.3, -0.25) is 0 Å². The zero-order valence-corrected chi connectivity index (χ0v) is 10.1. The molecule has 1 unspecified atom stereocenters. The van der Waals surface area contributed by atoms with Crippen molar-refractivity contribution in [1.82, 2.24) is 0 Å². The minimum absolute atomic E-state index is 0.0339. The normalized spacial score (nSPS) is 13.6. The van der Waals surface area contributed by atoms with Crippen molar-refractivity contribution in [2.45, 2.75) is 25.6 Å². The number of ether oxygens (including phenoxy) is 1. The van der Waals surface area contributed by atoms with E-state index in [4.69, 9.17) is 16.3 Å². The van der Waals surface area contributed by atoms with Gasteiger partial charge in [0.1, 0.15) is 5.75 Å². The molecule has 0 aliphatic heterocycles. The Morgan fingerprint density at radius 1 is 1.41 bits per heavy atom. The molecule has 6 heteroatoms. The lowest BCUT2D eigenvalue weighted by molar-refractivity contribution is -0.138. The van der Waals surface area contributed by atoms with E-state index in [1.54, 1.807) is 0 Å². The molecule has 0 saturated heterocycles. The van der Waals surface area contributed by atoms with Gasteiger partial charge < -0.3 is 9.84 Å². The van der Waals surface area contributed by atoms with E-state index in [2.05, 4.69) is 0 Å². The molecule has 1 aromatic rings. The molecule has 0 aromatic heterocycles. The van der Waals surface area contributed by atoms with Crippen molar-refractivity contribution in [3.05, 3.63) is 28.3 Å². The van der Waals surface area contributed by atoms with Crippen molar-refractivity contribution in [3.8, 4) is 5.75 Å². The van der Waals surface area contributed by atoms with Crippen LogP contribution in [-0.2, 0) is 12.6 Å². The topological polar surface area (TPSA) is 29.5 Å². The van der Waals surface area contributed by atoms with Crippen molar-refractivity contribution in [2.75, 3.05) is 7.11 Å². The molecular weight excluding hydrogens is 257 g/mol. The van der Waals surface area contributed by atoms with E-state index in [1.165, 1.54) is 20.1 Å². The summed E-state index contributed by atoms with van der Waals surface area (Å²) in [6, 6.07) is 2.02. The smallest absolute Gasteiger partial charge is 0.416 e. The molecule has 0 aliphatic rings. The van der Waals surface area contributed by atoms with Crippen LogP contribution in [0.15, 0.2) is 12.1 Å². The summed E-state index contributed by atoms with van der Waals surface area (Å²) in [5, 5.41) is 9.27. The minimum atomic E-state index is -4.50. The quantitative estimate of drug-likeness (QED) is 0.911. The van der Waals surface area contributed by atoms with Crippen LogP contribution in [0, 0.1) is 0 Å². The number of benzene rings is 1. The van der Waals surface area contributed by atoms with Crippen LogP contribution in [0.4, 0.5) is 13.2 Å². The van der Waals surface area contributed by atoms with Gasteiger partial charge in [-0.25, -0.2) is 0 Å². The molecule has 0 heterocycles. The second-order valence-corrected chi connectivity index (χ2v) is 4.10. The van der Waals surface area contributed by atoms with Crippen LogP contribution < -0.4 is 4.74 Å². The molecule has 0 amide bonds. The Bertz CT molecular complexity index is 402. The summed E-state index contributed by atoms with van der Waals surface area (Å²) in [6.07, 6.45) is -5.48. The minimum Gasteiger partial charge on any atom is -0.495 e. The number of hydrogen-bond acceptors (Lipinski definition) is 2. The highest BCUT2D eigenvalue weighted by atomic mass is 35.5. The summed E-state index contributed by atoms with van der Waals surface area (Å²) < 4.78 is 43.0. The van der Waals surface area contributed by atoms with Crippen molar-refractivity contribution < 1.29 is 23.0 Å². The SMILES string of the molecule is COc1cc(C(F)(F)F)c(CC(C)O)cc1Cl. The van der Waals surface area contributed by atoms with Crippen molar-refractivity contribution in [3.63, 3.8) is 0 Å². The molecule has 0 bridgehead atoms. The highest BCUT2D eigenvalue weighted by molar-refractivity contribution is 6.32. The van der Waals surface area contributed by atoms with Gasteiger partial charge >= 0.3 is 6.18 Å². The fraction of sp³-hybridized carbons (Fsp3) is 0.455. The first-order chi connectivity index (χ1) is 7.75. The van der Waals surface area contributed by atoms with Gasteiger partial charge in [0.05, 0.1) is 23.8 Å². The van der Waals surface area contributed by atoms with Gasteiger partial charge in [0.2, 0.25) is 0 Å². The van der Waals surface area contributed by atoms with E-state index in [1.807, 2.05) is 0 Å². The zero-order valence-electron chi connectivity index (χ0n) is 9.31. The van der Waals surface area contributed by atoms with Crippen molar-refractivity contribution in [1.29, 1.82) is 0 Å². The molecule has 1 atom stereocenters. The van der Waals surface area contributed by atoms with E-state index < -0.39 is 17.8 Å². The number of methoxy groups -OCH3 is 1. The van der Waals surface area contributed by atoms with Crippen LogP contribution >= 0.6 is 11.6 Å². The highest BCUT2D eigenvalue weighted by Crippen LogP contribution is 2.38. The monoisotopic (exact) mass is 268 g/mol. The summed E-state index contributed by atoms with van der Waals surface area (Å²) in [7, 11) is 1.25. The largest absolute Gasteiger partial charge is 0.495 e. The molecule has 1 rings (SSSR count). The molecule has 96 valence electrons. The molecule has 1 N–H and O–H groups in total. The molecule has 0 radical (unpaired) electrons. The summed E-state index contributed by atoms with van der Waals surface area (Å²) in [5.74, 6) is -0.0339. The lowest BCUT2D eigenvalue weighted by Crippen LogP contribution is -2.14. The van der Waals surface area contributed by atoms with Gasteiger partial charge in [0.25, 0.3) is 0 Å². The first-order valence-corrected chi connectivity index (χ1v) is 5.25. The number of aliphatic hydroxyl groups excluding tert-OH is 1. The standard InChI is InChI=1S/C11H12ClF3O2/c1-6(16)3-7-4-9(12)10(17-2)5-8(7)11(13,14)15/h4-6,16H,3H2,1-2H3. The lowest BCUT2D eigenvalue weighted by Gasteiger charge is -2.16. The second kappa shape index (κ2) is 5.14. The first kappa shape index (κ1) is 14.1. The van der Waals surface area contributed by atoms with Gasteiger partial charge in [-0.1, -0.05) is 11.6 Å². The summed E-state index contributed by atoms with van der Waals surface area (Å²) in [5.41, 5.74) is -0.877. The van der Waals surface area contributed by atoms with Crippen LogP contribution in [0.3, 0.4) is 0 Å². The molecule has 0 spiro atoms. The Hall–Kier alpha value is -0.940. The molecule has 0 saturated carbocycles. The van der Waals surface area contributed by atoms with E-state index in [0.717, 1.165) is 6.07 Å². The van der Waals surface area contributed by atoms with Gasteiger partial charge in [0, 0.05) is 0 Å². The third-order valence-electron chi connectivity index (χ3n) is 2.20. The van der Waals surface area contributed by atoms with Gasteiger partial charge in [-0.05, 0) is 31.0 Å². The Kier molecular flexibility index (Phi) is 4.27. The summed E-state index contributed by atoms with van der Waals surface area (Å²) in [6.45, 7) is 1.41. The fourth-order valence-electron chi connectivity index (χ4n) is 1.50. The second-order valence-electron chi connectivity index (χ2n) is 3.69. The van der Waals surface area contributed by atoms with Crippen LogP contribution in [0.5, 0.6) is 5.75 Å². The van der Waals surface area contributed by atoms with Gasteiger partial charge in [-0.15, -0.1) is 0 Å². The molecule has 0 aliphatic carbocycles. The maximum atomic E-state index is 12.8. The predicted molar refractivity (Wildman–Crippen MR) is 58.4 cm³/mol. The van der Waals surface area contributed by atoms with E-state index >= 15 is 0 Å². The van der Waals surface area contributed by atoms with Crippen LogP contribution in [0.2, 0.25) is 5.02 Å². The molecular formula is C11H12ClF3O2. The molecule has 1 aromatic carbocycles. The van der Waals surface area contributed by atoms with Crippen LogP contribution in [0.25, 0.3) is 0 Å². The van der Waals surface area contributed by atoms with Gasteiger partial charge in [0.15, 0.2) is 0 Å². The maximum absolute atomic E-state index is 12.8. The fourth-order valence-corrected chi connectivity index (χ4v) is 1.77. The molecule has 2 nitrogen and oxygen atoms in total. The number of alkyl halides is 3. The van der Waals surface area contributed by atoms with Crippen molar-refractivity contribution in [2.24, 2.45) is 0 Å². The number of rotatable bonds is 3. The van der Waals surface area contributed by atoms with Crippen molar-refractivity contribution >= 4 is 11.6 Å². The number of halogens is 4. The molecule has 17 heavy (non-hydrogen) atoms. The predicted octanol–water partition coefficient (Wildman–Crippen LogP) is 3.29. The average molecular weight is 269 g/mol. The Morgan fingerprint density at radius 3 is 2.41 bits per heavy atom. The molecule has 0 fully saturated rings. The lowest BCUT2D eigenvalue weighted by atomic mass is 10.0. The average Bonchev–Trinajstić information content (AvgIpc) is 2.14. The Labute approximate surface area is 102 Å². The number of hydrogen-bond donors (Lipinski definition) is 1. The Balaban J connectivity index is 3.31. The third-order valence-corrected chi connectivity index (χ3v) is 2.49. The third kappa shape index (κ3) is 3.51. The summed E-state index contributed by atoms with van der Waals surface area (Å²) in [4.78, 5) is 0. The Morgan fingerprint density at radius 2 is 2.00 bits per heavy atom. The highest BCUT2D eigenvalue weighted by Gasteiger charge is 2.34. The number of aliphatic hydroxyl groups is 1. The van der Waals surface area contributed by atoms with Crippen LogP contribution in [-0.4, -0.2) is 18.3 Å². The van der Waals surface area contributed by atoms with E-state index in [-0.39, 0.29) is 22.8 Å². The van der Waals surface area contributed by atoms with Gasteiger partial charge in [-0.2, -0.15) is 13.2 Å². The van der Waals surface area contributed by atoms with Crippen LogP contribution in [0.1, 0.15) is 18.1 Å².